The Morgan fingerprint density at radius 1 is 0.971 bits per heavy atom. The third kappa shape index (κ3) is 3.91. The van der Waals surface area contributed by atoms with Crippen LogP contribution in [0.15, 0.2) is 79.1 Å². The van der Waals surface area contributed by atoms with Crippen LogP contribution in [0.5, 0.6) is 0 Å². The summed E-state index contributed by atoms with van der Waals surface area (Å²) in [5, 5.41) is 11.8. The van der Waals surface area contributed by atoms with Crippen LogP contribution in [-0.4, -0.2) is 30.4 Å². The highest BCUT2D eigenvalue weighted by Crippen LogP contribution is 2.30. The quantitative estimate of drug-likeness (QED) is 0.423. The Balaban J connectivity index is 1.43. The number of hydrogen-bond donors (Lipinski definition) is 2. The zero-order chi connectivity index (χ0) is 23.5. The van der Waals surface area contributed by atoms with Crippen LogP contribution in [0.25, 0.3) is 28.2 Å². The second-order valence-electron chi connectivity index (χ2n) is 7.42. The minimum absolute atomic E-state index is 0.197. The molecule has 0 radical (unpaired) electrons. The van der Waals surface area contributed by atoms with Crippen molar-refractivity contribution in [2.75, 3.05) is 5.73 Å². The fourth-order valence-electron chi connectivity index (χ4n) is 3.60. The summed E-state index contributed by atoms with van der Waals surface area (Å²) in [5.41, 5.74) is 10.4. The first kappa shape index (κ1) is 20.8. The molecule has 0 aliphatic rings. The number of nitrogens with two attached hydrogens (primary N) is 1. The predicted molar refractivity (Wildman–Crippen MR) is 127 cm³/mol. The molecule has 5 rings (SSSR count). The number of nitrogens with one attached hydrogen (secondary N) is 1. The number of nitriles is 1. The molecule has 1 amide bonds. The molecule has 3 N–H and O–H groups in total. The smallest absolute Gasteiger partial charge is 0.270 e. The van der Waals surface area contributed by atoms with Crippen LogP contribution >= 0.6 is 0 Å². The van der Waals surface area contributed by atoms with E-state index in [2.05, 4.69) is 20.3 Å². The van der Waals surface area contributed by atoms with Crippen LogP contribution in [-0.2, 0) is 6.54 Å². The lowest BCUT2D eigenvalue weighted by molar-refractivity contribution is 0.0946. The summed E-state index contributed by atoms with van der Waals surface area (Å²) in [6.45, 7) is 0.308. The summed E-state index contributed by atoms with van der Waals surface area (Å²) in [4.78, 5) is 29.9. The summed E-state index contributed by atoms with van der Waals surface area (Å²) in [7, 11) is 0. The molecule has 1 aromatic carbocycles. The van der Waals surface area contributed by atoms with Gasteiger partial charge in [-0.1, -0.05) is 18.2 Å². The van der Waals surface area contributed by atoms with Gasteiger partial charge in [0.15, 0.2) is 11.5 Å². The molecule has 4 heterocycles. The summed E-state index contributed by atoms with van der Waals surface area (Å²) >= 11 is 0. The summed E-state index contributed by atoms with van der Waals surface area (Å²) < 4.78 is 1.93. The number of amides is 1. The Hall–Kier alpha value is -5.10. The molecule has 34 heavy (non-hydrogen) atoms. The SMILES string of the molecule is N#Cc1cccc(C(=O)NCc2ccc(-n3c(-c4cccnc4N)nc4cccnc43)cc2)n1. The first-order valence-electron chi connectivity index (χ1n) is 10.4. The van der Waals surface area contributed by atoms with E-state index in [-0.39, 0.29) is 17.3 Å². The average molecular weight is 446 g/mol. The van der Waals surface area contributed by atoms with E-state index in [9.17, 15) is 4.79 Å². The number of imidazole rings is 1. The number of nitrogens with zero attached hydrogens (tertiary/aromatic N) is 6. The van der Waals surface area contributed by atoms with Crippen molar-refractivity contribution in [2.45, 2.75) is 6.54 Å². The molecule has 9 heteroatoms. The molecule has 4 aromatic heterocycles. The Bertz CT molecular complexity index is 1550. The van der Waals surface area contributed by atoms with Gasteiger partial charge in [-0.05, 0) is 54.1 Å². The fourth-order valence-corrected chi connectivity index (χ4v) is 3.60. The fraction of sp³-hybridized carbons (Fsp3) is 0.0400. The molecule has 0 saturated heterocycles. The van der Waals surface area contributed by atoms with Crippen molar-refractivity contribution in [3.05, 3.63) is 96.1 Å². The van der Waals surface area contributed by atoms with E-state index in [1.165, 1.54) is 0 Å². The Morgan fingerprint density at radius 3 is 2.56 bits per heavy atom. The van der Waals surface area contributed by atoms with E-state index in [0.717, 1.165) is 16.8 Å². The highest BCUT2D eigenvalue weighted by molar-refractivity contribution is 5.92. The molecular weight excluding hydrogens is 428 g/mol. The van der Waals surface area contributed by atoms with Crippen molar-refractivity contribution in [1.29, 1.82) is 5.26 Å². The van der Waals surface area contributed by atoms with Crippen LogP contribution < -0.4 is 11.1 Å². The number of rotatable bonds is 5. The first-order valence-corrected chi connectivity index (χ1v) is 10.4. The molecular formula is C25H18N8O. The van der Waals surface area contributed by atoms with Crippen molar-refractivity contribution in [3.8, 4) is 23.1 Å². The predicted octanol–water partition coefficient (Wildman–Crippen LogP) is 3.26. The summed E-state index contributed by atoms with van der Waals surface area (Å²) in [5.74, 6) is 0.677. The van der Waals surface area contributed by atoms with Crippen molar-refractivity contribution in [2.24, 2.45) is 0 Å². The van der Waals surface area contributed by atoms with Gasteiger partial charge in [-0.15, -0.1) is 0 Å². The maximum Gasteiger partial charge on any atom is 0.270 e. The number of fused-ring (bicyclic) bond motifs is 1. The zero-order valence-corrected chi connectivity index (χ0v) is 17.9. The van der Waals surface area contributed by atoms with E-state index >= 15 is 0 Å². The number of pyridine rings is 3. The van der Waals surface area contributed by atoms with Gasteiger partial charge in [0.1, 0.15) is 28.8 Å². The number of carbonyl (C=O) groups excluding carboxylic acids is 1. The highest BCUT2D eigenvalue weighted by Gasteiger charge is 2.17. The number of benzene rings is 1. The van der Waals surface area contributed by atoms with Crippen molar-refractivity contribution >= 4 is 22.9 Å². The maximum atomic E-state index is 12.4. The average Bonchev–Trinajstić information content (AvgIpc) is 3.27. The molecule has 0 fully saturated rings. The monoisotopic (exact) mass is 446 g/mol. The molecule has 0 saturated carbocycles. The molecule has 0 aliphatic carbocycles. The molecule has 0 atom stereocenters. The third-order valence-corrected chi connectivity index (χ3v) is 5.24. The zero-order valence-electron chi connectivity index (χ0n) is 17.9. The molecule has 0 spiro atoms. The van der Waals surface area contributed by atoms with Crippen molar-refractivity contribution in [3.63, 3.8) is 0 Å². The topological polar surface area (TPSA) is 135 Å². The Kier molecular flexibility index (Phi) is 5.38. The van der Waals surface area contributed by atoms with Gasteiger partial charge in [-0.2, -0.15) is 5.26 Å². The largest absolute Gasteiger partial charge is 0.383 e. The van der Waals surface area contributed by atoms with Crippen molar-refractivity contribution in [1.82, 2.24) is 29.8 Å². The molecule has 0 bridgehead atoms. The van der Waals surface area contributed by atoms with Crippen LogP contribution in [0, 0.1) is 11.3 Å². The molecule has 0 unspecified atom stereocenters. The number of anilines is 1. The molecule has 5 aromatic rings. The van der Waals surface area contributed by atoms with E-state index in [1.807, 2.05) is 59.2 Å². The third-order valence-electron chi connectivity index (χ3n) is 5.24. The Morgan fingerprint density at radius 2 is 1.76 bits per heavy atom. The summed E-state index contributed by atoms with van der Waals surface area (Å²) in [6.07, 6.45) is 3.36. The lowest BCUT2D eigenvalue weighted by Gasteiger charge is -2.11. The first-order chi connectivity index (χ1) is 16.6. The van der Waals surface area contributed by atoms with E-state index in [0.29, 0.717) is 29.4 Å². The van der Waals surface area contributed by atoms with Crippen LogP contribution in [0.3, 0.4) is 0 Å². The number of aromatic nitrogens is 5. The van der Waals surface area contributed by atoms with Crippen molar-refractivity contribution < 1.29 is 4.79 Å². The van der Waals surface area contributed by atoms with Gasteiger partial charge in [0.2, 0.25) is 0 Å². The highest BCUT2D eigenvalue weighted by atomic mass is 16.1. The van der Waals surface area contributed by atoms with Crippen LogP contribution in [0.1, 0.15) is 21.7 Å². The van der Waals surface area contributed by atoms with Gasteiger partial charge in [-0.25, -0.2) is 19.9 Å². The van der Waals surface area contributed by atoms with Gasteiger partial charge in [-0.3, -0.25) is 9.36 Å². The van der Waals surface area contributed by atoms with Gasteiger partial charge < -0.3 is 11.1 Å². The maximum absolute atomic E-state index is 12.4. The number of nitrogen functional groups attached to an aromatic ring is 1. The minimum atomic E-state index is -0.347. The van der Waals surface area contributed by atoms with Crippen LogP contribution in [0.2, 0.25) is 0 Å². The van der Waals surface area contributed by atoms with Gasteiger partial charge >= 0.3 is 0 Å². The molecule has 9 nitrogen and oxygen atoms in total. The minimum Gasteiger partial charge on any atom is -0.383 e. The van der Waals surface area contributed by atoms with Gasteiger partial charge in [0, 0.05) is 24.6 Å². The molecule has 0 aliphatic heterocycles. The van der Waals surface area contributed by atoms with E-state index in [1.54, 1.807) is 30.6 Å². The van der Waals surface area contributed by atoms with E-state index < -0.39 is 0 Å². The van der Waals surface area contributed by atoms with Crippen LogP contribution in [0.4, 0.5) is 5.82 Å². The Labute approximate surface area is 194 Å². The van der Waals surface area contributed by atoms with Gasteiger partial charge in [0.25, 0.3) is 5.91 Å². The number of carbonyl (C=O) groups is 1. The second kappa shape index (κ2) is 8.80. The second-order valence-corrected chi connectivity index (χ2v) is 7.42. The number of hydrogen-bond acceptors (Lipinski definition) is 7. The lowest BCUT2D eigenvalue weighted by atomic mass is 10.2. The van der Waals surface area contributed by atoms with Gasteiger partial charge in [0.05, 0.1) is 5.56 Å². The summed E-state index contributed by atoms with van der Waals surface area (Å²) in [6, 6.07) is 21.8. The normalized spacial score (nSPS) is 10.7. The van der Waals surface area contributed by atoms with E-state index in [4.69, 9.17) is 16.0 Å². The molecule has 164 valence electrons. The lowest BCUT2D eigenvalue weighted by Crippen LogP contribution is -2.24. The standard InChI is InChI=1S/C25H18N8O/c26-14-17-4-1-6-21(31-17)25(34)30-15-16-8-10-18(11-9-16)33-23(19-5-2-12-28-22(19)27)32-20-7-3-13-29-24(20)33/h1-13H,15H2,(H2,27,28)(H,30,34).